The van der Waals surface area contributed by atoms with E-state index in [1.54, 1.807) is 18.2 Å². The van der Waals surface area contributed by atoms with E-state index in [-0.39, 0.29) is 11.1 Å². The van der Waals surface area contributed by atoms with Crippen LogP contribution in [0.15, 0.2) is 48.5 Å². The van der Waals surface area contributed by atoms with Gasteiger partial charge in [-0.3, -0.25) is 9.59 Å². The fraction of sp³-hybridized carbons (Fsp3) is 0. The first kappa shape index (κ1) is 14.3. The first-order valence-electron chi connectivity index (χ1n) is 6.32. The van der Waals surface area contributed by atoms with Crippen molar-refractivity contribution in [3.8, 4) is 5.75 Å². The number of nitrogens with zero attached hydrogens (tertiary/aromatic N) is 1. The smallest absolute Gasteiger partial charge is 0.266 e. The predicted octanol–water partition coefficient (Wildman–Crippen LogP) is 3.14. The Bertz CT molecular complexity index is 832. The van der Waals surface area contributed by atoms with Gasteiger partial charge in [0.25, 0.3) is 11.8 Å². The van der Waals surface area contributed by atoms with Gasteiger partial charge in [-0.2, -0.15) is 0 Å². The molecular weight excluding hydrogens is 309 g/mol. The third-order valence-electron chi connectivity index (χ3n) is 3.25. The summed E-state index contributed by atoms with van der Waals surface area (Å²) in [5.41, 5.74) is 0.620. The topological polar surface area (TPSA) is 57.6 Å². The molecule has 22 heavy (non-hydrogen) atoms. The van der Waals surface area contributed by atoms with Crippen LogP contribution in [0.1, 0.15) is 5.56 Å². The Hall–Kier alpha value is -2.66. The monoisotopic (exact) mass is 317 g/mol. The van der Waals surface area contributed by atoms with Gasteiger partial charge in [0.2, 0.25) is 0 Å². The third-order valence-corrected chi connectivity index (χ3v) is 3.48. The van der Waals surface area contributed by atoms with Crippen molar-refractivity contribution in [3.05, 3.63) is 64.9 Å². The maximum absolute atomic E-state index is 13.4. The molecule has 0 aromatic heterocycles. The van der Waals surface area contributed by atoms with Gasteiger partial charge in [0.05, 0.1) is 11.3 Å². The molecule has 1 aliphatic heterocycles. The molecule has 1 heterocycles. The van der Waals surface area contributed by atoms with E-state index in [1.807, 2.05) is 0 Å². The van der Waals surface area contributed by atoms with Crippen LogP contribution >= 0.6 is 11.6 Å². The molecule has 0 unspecified atom stereocenters. The molecule has 2 amide bonds. The predicted molar refractivity (Wildman–Crippen MR) is 80.0 cm³/mol. The molecule has 0 saturated heterocycles. The molecule has 1 aliphatic rings. The van der Waals surface area contributed by atoms with Crippen LogP contribution in [0.25, 0.3) is 5.57 Å². The molecule has 2 aromatic rings. The van der Waals surface area contributed by atoms with Gasteiger partial charge in [0.15, 0.2) is 11.6 Å². The van der Waals surface area contributed by atoms with Gasteiger partial charge >= 0.3 is 0 Å². The molecule has 0 fully saturated rings. The first-order chi connectivity index (χ1) is 10.5. The lowest BCUT2D eigenvalue weighted by molar-refractivity contribution is -0.119. The Kier molecular flexibility index (Phi) is 3.42. The number of anilines is 1. The number of imide groups is 1. The fourth-order valence-corrected chi connectivity index (χ4v) is 2.40. The van der Waals surface area contributed by atoms with Crippen LogP contribution in [0.5, 0.6) is 5.75 Å². The molecular formula is C16H9ClFNO3. The second-order valence-corrected chi connectivity index (χ2v) is 5.12. The summed E-state index contributed by atoms with van der Waals surface area (Å²) < 4.78 is 13.4. The summed E-state index contributed by atoms with van der Waals surface area (Å²) in [4.78, 5) is 25.5. The molecule has 0 saturated carbocycles. The van der Waals surface area contributed by atoms with Gasteiger partial charge in [-0.15, -0.1) is 0 Å². The Labute approximate surface area is 130 Å². The van der Waals surface area contributed by atoms with Crippen molar-refractivity contribution in [2.45, 2.75) is 0 Å². The summed E-state index contributed by atoms with van der Waals surface area (Å²) in [6, 6.07) is 9.83. The van der Waals surface area contributed by atoms with Crippen LogP contribution in [-0.4, -0.2) is 16.9 Å². The zero-order valence-electron chi connectivity index (χ0n) is 11.1. The van der Waals surface area contributed by atoms with Crippen LogP contribution in [0.3, 0.4) is 0 Å². The Morgan fingerprint density at radius 2 is 1.86 bits per heavy atom. The summed E-state index contributed by atoms with van der Waals surface area (Å²) in [6.45, 7) is 0. The van der Waals surface area contributed by atoms with E-state index in [4.69, 9.17) is 11.6 Å². The van der Waals surface area contributed by atoms with Gasteiger partial charge in [-0.05, 0) is 35.9 Å². The van der Waals surface area contributed by atoms with E-state index in [1.165, 1.54) is 12.1 Å². The summed E-state index contributed by atoms with van der Waals surface area (Å²) in [5.74, 6) is -2.49. The number of amides is 2. The minimum absolute atomic E-state index is 0.0591. The highest BCUT2D eigenvalue weighted by atomic mass is 35.5. The molecule has 6 heteroatoms. The van der Waals surface area contributed by atoms with Crippen LogP contribution in [0.4, 0.5) is 10.1 Å². The number of aromatic hydroxyl groups is 1. The van der Waals surface area contributed by atoms with Crippen LogP contribution < -0.4 is 4.90 Å². The molecule has 2 aromatic carbocycles. The Morgan fingerprint density at radius 1 is 1.09 bits per heavy atom. The molecule has 0 spiro atoms. The number of halogens is 2. The Balaban J connectivity index is 2.00. The van der Waals surface area contributed by atoms with Gasteiger partial charge in [-0.25, -0.2) is 9.29 Å². The SMILES string of the molecule is O=C1C=C(c2ccc(O)c(F)c2)C(=O)N1c1cccc(Cl)c1. The molecule has 3 rings (SSSR count). The summed E-state index contributed by atoms with van der Waals surface area (Å²) >= 11 is 5.87. The number of carbonyl (C=O) groups excluding carboxylic acids is 2. The van der Waals surface area contributed by atoms with E-state index in [0.717, 1.165) is 23.1 Å². The van der Waals surface area contributed by atoms with Gasteiger partial charge in [-0.1, -0.05) is 23.7 Å². The Morgan fingerprint density at radius 3 is 2.55 bits per heavy atom. The largest absolute Gasteiger partial charge is 0.505 e. The van der Waals surface area contributed by atoms with E-state index in [2.05, 4.69) is 0 Å². The highest BCUT2D eigenvalue weighted by molar-refractivity contribution is 6.43. The van der Waals surface area contributed by atoms with Crippen molar-refractivity contribution in [2.24, 2.45) is 0 Å². The van der Waals surface area contributed by atoms with Crippen molar-refractivity contribution in [3.63, 3.8) is 0 Å². The molecule has 1 N–H and O–H groups in total. The lowest BCUT2D eigenvalue weighted by atomic mass is 10.1. The summed E-state index contributed by atoms with van der Waals surface area (Å²) in [6.07, 6.45) is 1.13. The zero-order valence-corrected chi connectivity index (χ0v) is 11.8. The van der Waals surface area contributed by atoms with Gasteiger partial charge < -0.3 is 5.11 Å². The standard InChI is InChI=1S/C16H9ClFNO3/c17-10-2-1-3-11(7-10)19-15(21)8-12(16(19)22)9-4-5-14(20)13(18)6-9/h1-8,20H. The molecule has 0 radical (unpaired) electrons. The average molecular weight is 318 g/mol. The van der Waals surface area contributed by atoms with Crippen LogP contribution in [0, 0.1) is 5.82 Å². The highest BCUT2D eigenvalue weighted by Gasteiger charge is 2.33. The second-order valence-electron chi connectivity index (χ2n) is 4.68. The molecule has 0 atom stereocenters. The number of phenolic OH excluding ortho intramolecular Hbond substituents is 1. The van der Waals surface area contributed by atoms with E-state index < -0.39 is 23.4 Å². The quantitative estimate of drug-likeness (QED) is 0.866. The summed E-state index contributed by atoms with van der Waals surface area (Å²) in [5, 5.41) is 9.58. The van der Waals surface area contributed by atoms with Crippen molar-refractivity contribution < 1.29 is 19.1 Å². The number of rotatable bonds is 2. The van der Waals surface area contributed by atoms with Gasteiger partial charge in [0.1, 0.15) is 0 Å². The lowest BCUT2D eigenvalue weighted by Gasteiger charge is -2.15. The maximum Gasteiger partial charge on any atom is 0.266 e. The number of benzene rings is 2. The number of hydrogen-bond acceptors (Lipinski definition) is 3. The number of phenols is 1. The second kappa shape index (κ2) is 5.27. The fourth-order valence-electron chi connectivity index (χ4n) is 2.21. The van der Waals surface area contributed by atoms with E-state index in [0.29, 0.717) is 10.7 Å². The molecule has 0 aliphatic carbocycles. The van der Waals surface area contributed by atoms with Crippen molar-refractivity contribution >= 4 is 34.7 Å². The van der Waals surface area contributed by atoms with Crippen molar-refractivity contribution in [1.82, 2.24) is 0 Å². The maximum atomic E-state index is 13.4. The lowest BCUT2D eigenvalue weighted by Crippen LogP contribution is -2.30. The highest BCUT2D eigenvalue weighted by Crippen LogP contribution is 2.31. The third kappa shape index (κ3) is 2.35. The van der Waals surface area contributed by atoms with E-state index in [9.17, 15) is 19.1 Å². The normalized spacial score (nSPS) is 14.5. The van der Waals surface area contributed by atoms with Crippen molar-refractivity contribution in [2.75, 3.05) is 4.90 Å². The minimum atomic E-state index is -0.861. The molecule has 0 bridgehead atoms. The number of hydrogen-bond donors (Lipinski definition) is 1. The molecule has 4 nitrogen and oxygen atoms in total. The molecule has 110 valence electrons. The van der Waals surface area contributed by atoms with Crippen LogP contribution in [-0.2, 0) is 9.59 Å². The summed E-state index contributed by atoms with van der Waals surface area (Å²) in [7, 11) is 0. The average Bonchev–Trinajstić information content (AvgIpc) is 2.77. The minimum Gasteiger partial charge on any atom is -0.505 e. The zero-order chi connectivity index (χ0) is 15.9. The van der Waals surface area contributed by atoms with Gasteiger partial charge in [0, 0.05) is 11.1 Å². The number of carbonyl (C=O) groups is 2. The van der Waals surface area contributed by atoms with E-state index >= 15 is 0 Å². The van der Waals surface area contributed by atoms with Crippen molar-refractivity contribution in [1.29, 1.82) is 0 Å². The van der Waals surface area contributed by atoms with Crippen LogP contribution in [0.2, 0.25) is 5.02 Å². The first-order valence-corrected chi connectivity index (χ1v) is 6.70.